The number of aromatic nitrogens is 5. The molecule has 0 saturated heterocycles. The third-order valence-electron chi connectivity index (χ3n) is 5.03. The van der Waals surface area contributed by atoms with Gasteiger partial charge in [0.2, 0.25) is 0 Å². The van der Waals surface area contributed by atoms with Crippen molar-refractivity contribution in [3.05, 3.63) is 77.6 Å². The molecule has 0 unspecified atom stereocenters. The van der Waals surface area contributed by atoms with Gasteiger partial charge in [0.1, 0.15) is 5.69 Å². The summed E-state index contributed by atoms with van der Waals surface area (Å²) in [4.78, 5) is 21.5. The number of nitrogens with one attached hydrogen (secondary N) is 2. The van der Waals surface area contributed by atoms with Gasteiger partial charge in [-0.1, -0.05) is 30.3 Å². The first-order valence-corrected chi connectivity index (χ1v) is 9.74. The van der Waals surface area contributed by atoms with Crippen LogP contribution in [0.5, 0.6) is 0 Å². The molecule has 0 fully saturated rings. The summed E-state index contributed by atoms with van der Waals surface area (Å²) in [7, 11) is 0. The standard InChI is InChI=1S/C22H15FN8O/c23-16-12-31-19(28-21(30-31)14-4-2-1-3-5-14)8-18(16)27-22(32)20-15(11-26-29-20)17-7-6-13(9-24)10-25-17/h1-5,8,10-12H,6-7H2,(H,26,29)(H,27,32). The summed E-state index contributed by atoms with van der Waals surface area (Å²) in [5, 5.41) is 22.4. The van der Waals surface area contributed by atoms with Gasteiger partial charge in [-0.25, -0.2) is 13.9 Å². The molecule has 0 atom stereocenters. The maximum Gasteiger partial charge on any atom is 0.274 e. The predicted molar refractivity (Wildman–Crippen MR) is 114 cm³/mol. The van der Waals surface area contributed by atoms with E-state index in [4.69, 9.17) is 5.26 Å². The van der Waals surface area contributed by atoms with Crippen molar-refractivity contribution in [1.29, 1.82) is 5.26 Å². The lowest BCUT2D eigenvalue weighted by molar-refractivity contribution is 0.102. The van der Waals surface area contributed by atoms with Gasteiger partial charge in [0, 0.05) is 29.0 Å². The van der Waals surface area contributed by atoms with Crippen molar-refractivity contribution in [2.75, 3.05) is 5.32 Å². The number of anilines is 1. The number of fused-ring (bicyclic) bond motifs is 1. The smallest absolute Gasteiger partial charge is 0.274 e. The number of carbonyl (C=O) groups excluding carboxylic acids is 1. The molecule has 32 heavy (non-hydrogen) atoms. The van der Waals surface area contributed by atoms with E-state index in [2.05, 4.69) is 36.7 Å². The number of pyridine rings is 1. The van der Waals surface area contributed by atoms with Crippen LogP contribution in [-0.4, -0.2) is 36.4 Å². The molecule has 3 aromatic heterocycles. The molecule has 9 nitrogen and oxygen atoms in total. The fourth-order valence-electron chi connectivity index (χ4n) is 3.40. The Morgan fingerprint density at radius 1 is 1.25 bits per heavy atom. The van der Waals surface area contributed by atoms with E-state index >= 15 is 0 Å². The molecule has 2 N–H and O–H groups in total. The number of nitrogens with zero attached hydrogens (tertiary/aromatic N) is 6. The molecule has 4 aromatic rings. The summed E-state index contributed by atoms with van der Waals surface area (Å²) < 4.78 is 16.0. The van der Waals surface area contributed by atoms with Crippen molar-refractivity contribution in [2.45, 2.75) is 12.8 Å². The molecule has 4 heterocycles. The molecule has 1 aromatic carbocycles. The highest BCUT2D eigenvalue weighted by Crippen LogP contribution is 2.22. The number of allylic oxidation sites excluding steroid dienone is 1. The van der Waals surface area contributed by atoms with Crippen molar-refractivity contribution in [3.63, 3.8) is 0 Å². The lowest BCUT2D eigenvalue weighted by atomic mass is 10.0. The van der Waals surface area contributed by atoms with E-state index in [0.29, 0.717) is 41.2 Å². The summed E-state index contributed by atoms with van der Waals surface area (Å²) in [5.41, 5.74) is 3.01. The highest BCUT2D eigenvalue weighted by atomic mass is 19.1. The molecule has 0 spiro atoms. The topological polar surface area (TPSA) is 124 Å². The van der Waals surface area contributed by atoms with E-state index in [-0.39, 0.29) is 11.4 Å². The molecule has 156 valence electrons. The van der Waals surface area contributed by atoms with Crippen molar-refractivity contribution < 1.29 is 9.18 Å². The zero-order chi connectivity index (χ0) is 22.1. The number of amides is 1. The molecule has 1 aliphatic rings. The Labute approximate surface area is 180 Å². The second kappa shape index (κ2) is 7.88. The SMILES string of the molecule is N#CC1=CN=C(c2cn[nH]c2C(=O)Nc2cc3nc(-c4ccccc4)nn3cc2F)CC1. The van der Waals surface area contributed by atoms with Crippen LogP contribution >= 0.6 is 0 Å². The summed E-state index contributed by atoms with van der Waals surface area (Å²) in [6.45, 7) is 0. The Bertz CT molecular complexity index is 1440. The third-order valence-corrected chi connectivity index (χ3v) is 5.03. The van der Waals surface area contributed by atoms with Gasteiger partial charge in [-0.15, -0.1) is 5.10 Å². The Morgan fingerprint density at radius 3 is 2.84 bits per heavy atom. The van der Waals surface area contributed by atoms with E-state index in [1.165, 1.54) is 23.0 Å². The first-order chi connectivity index (χ1) is 15.6. The molecule has 0 aliphatic carbocycles. The van der Waals surface area contributed by atoms with Crippen LogP contribution in [0.15, 0.2) is 65.6 Å². The highest BCUT2D eigenvalue weighted by Gasteiger charge is 2.21. The van der Waals surface area contributed by atoms with Gasteiger partial charge in [-0.2, -0.15) is 10.4 Å². The summed E-state index contributed by atoms with van der Waals surface area (Å²) in [5.74, 6) is -0.779. The Kier molecular flexibility index (Phi) is 4.76. The fraction of sp³-hybridized carbons (Fsp3) is 0.0909. The molecule has 1 amide bonds. The van der Waals surface area contributed by atoms with Crippen LogP contribution in [0.3, 0.4) is 0 Å². The second-order valence-corrected chi connectivity index (χ2v) is 7.09. The molecule has 1 aliphatic heterocycles. The number of H-pyrrole nitrogens is 1. The molecular formula is C22H15FN8O. The predicted octanol–water partition coefficient (Wildman–Crippen LogP) is 3.50. The number of nitriles is 1. The van der Waals surface area contributed by atoms with Gasteiger partial charge in [-0.3, -0.25) is 14.9 Å². The van der Waals surface area contributed by atoms with Crippen LogP contribution < -0.4 is 5.32 Å². The van der Waals surface area contributed by atoms with Crippen LogP contribution in [0, 0.1) is 17.1 Å². The van der Waals surface area contributed by atoms with Crippen LogP contribution in [0.4, 0.5) is 10.1 Å². The largest absolute Gasteiger partial charge is 0.318 e. The number of aromatic amines is 1. The van der Waals surface area contributed by atoms with Crippen LogP contribution in [0.2, 0.25) is 0 Å². The van der Waals surface area contributed by atoms with Gasteiger partial charge >= 0.3 is 0 Å². The normalized spacial score (nSPS) is 13.4. The number of benzene rings is 1. The first-order valence-electron chi connectivity index (χ1n) is 9.74. The van der Waals surface area contributed by atoms with Gasteiger partial charge in [0.15, 0.2) is 17.3 Å². The van der Waals surface area contributed by atoms with E-state index in [1.807, 2.05) is 30.3 Å². The average Bonchev–Trinajstić information content (AvgIpc) is 3.47. The van der Waals surface area contributed by atoms with Crippen LogP contribution in [-0.2, 0) is 0 Å². The highest BCUT2D eigenvalue weighted by molar-refractivity contribution is 6.13. The summed E-state index contributed by atoms with van der Waals surface area (Å²) in [6.07, 6.45) is 5.17. The minimum Gasteiger partial charge on any atom is -0.318 e. The molecule has 0 bridgehead atoms. The van der Waals surface area contributed by atoms with Crippen molar-refractivity contribution in [1.82, 2.24) is 24.8 Å². The van der Waals surface area contributed by atoms with E-state index in [0.717, 1.165) is 11.8 Å². The number of carbonyl (C=O) groups is 1. The Morgan fingerprint density at radius 2 is 2.09 bits per heavy atom. The zero-order valence-electron chi connectivity index (χ0n) is 16.6. The number of halogens is 1. The maximum atomic E-state index is 14.7. The first kappa shape index (κ1) is 19.3. The quantitative estimate of drug-likeness (QED) is 0.517. The van der Waals surface area contributed by atoms with Crippen molar-refractivity contribution in [3.8, 4) is 17.5 Å². The van der Waals surface area contributed by atoms with Crippen LogP contribution in [0.25, 0.3) is 17.0 Å². The molecule has 10 heteroatoms. The summed E-state index contributed by atoms with van der Waals surface area (Å²) >= 11 is 0. The third kappa shape index (κ3) is 3.52. The van der Waals surface area contributed by atoms with Crippen molar-refractivity contribution in [2.24, 2.45) is 4.99 Å². The summed E-state index contributed by atoms with van der Waals surface area (Å²) in [6, 6.07) is 12.8. The average molecular weight is 426 g/mol. The molecule has 5 rings (SSSR count). The number of hydrogen-bond donors (Lipinski definition) is 2. The minimum absolute atomic E-state index is 0.0349. The van der Waals surface area contributed by atoms with E-state index in [9.17, 15) is 9.18 Å². The second-order valence-electron chi connectivity index (χ2n) is 7.09. The van der Waals surface area contributed by atoms with Gasteiger partial charge in [0.25, 0.3) is 5.91 Å². The van der Waals surface area contributed by atoms with Gasteiger partial charge in [0.05, 0.1) is 29.9 Å². The fourth-order valence-corrected chi connectivity index (χ4v) is 3.40. The Hall–Kier alpha value is -4.65. The monoisotopic (exact) mass is 426 g/mol. The minimum atomic E-state index is -0.659. The van der Waals surface area contributed by atoms with E-state index < -0.39 is 11.7 Å². The van der Waals surface area contributed by atoms with Crippen LogP contribution in [0.1, 0.15) is 28.9 Å². The molecule has 0 saturated carbocycles. The van der Waals surface area contributed by atoms with Gasteiger partial charge in [-0.05, 0) is 12.8 Å². The number of rotatable bonds is 4. The molecule has 0 radical (unpaired) electrons. The lowest BCUT2D eigenvalue weighted by Crippen LogP contribution is -2.18. The maximum absolute atomic E-state index is 14.7. The van der Waals surface area contributed by atoms with Crippen molar-refractivity contribution >= 4 is 23.0 Å². The molecular weight excluding hydrogens is 411 g/mol. The lowest BCUT2D eigenvalue weighted by Gasteiger charge is -2.10. The Balaban J connectivity index is 1.43. The van der Waals surface area contributed by atoms with Gasteiger partial charge < -0.3 is 5.32 Å². The van der Waals surface area contributed by atoms with E-state index in [1.54, 1.807) is 0 Å². The number of hydrogen-bond acceptors (Lipinski definition) is 6. The zero-order valence-corrected chi connectivity index (χ0v) is 16.6. The number of aliphatic imine (C=N–C) groups is 1.